The zero-order chi connectivity index (χ0) is 17.8. The van der Waals surface area contributed by atoms with Crippen LogP contribution < -0.4 is 5.32 Å². The molecule has 1 N–H and O–H groups in total. The standard InChI is InChI=1S/C19H25N3O2S/c1-13-6-4-5-7-16(13)8-18(23)21-19-20-17(12-25-19)11-22-9-14(2)24-15(3)10-22/h4-7,12,14-15H,8-11H2,1-3H3,(H,20,21,23). The van der Waals surface area contributed by atoms with Gasteiger partial charge >= 0.3 is 0 Å². The van der Waals surface area contributed by atoms with Gasteiger partial charge in [-0.05, 0) is 31.9 Å². The van der Waals surface area contributed by atoms with Crippen molar-refractivity contribution >= 4 is 22.4 Å². The maximum absolute atomic E-state index is 12.2. The molecule has 25 heavy (non-hydrogen) atoms. The van der Waals surface area contributed by atoms with E-state index in [2.05, 4.69) is 29.0 Å². The van der Waals surface area contributed by atoms with E-state index in [1.54, 1.807) is 0 Å². The lowest BCUT2D eigenvalue weighted by Crippen LogP contribution is -2.44. The molecule has 0 saturated carbocycles. The predicted molar refractivity (Wildman–Crippen MR) is 101 cm³/mol. The van der Waals surface area contributed by atoms with E-state index in [-0.39, 0.29) is 18.1 Å². The largest absolute Gasteiger partial charge is 0.373 e. The fraction of sp³-hybridized carbons (Fsp3) is 0.474. The summed E-state index contributed by atoms with van der Waals surface area (Å²) in [6.07, 6.45) is 0.867. The smallest absolute Gasteiger partial charge is 0.230 e. The normalized spacial score (nSPS) is 21.2. The van der Waals surface area contributed by atoms with E-state index in [1.807, 2.05) is 36.6 Å². The van der Waals surface area contributed by atoms with Gasteiger partial charge in [0.2, 0.25) is 5.91 Å². The number of morpholine rings is 1. The third-order valence-electron chi connectivity index (χ3n) is 4.29. The number of rotatable bonds is 5. The summed E-state index contributed by atoms with van der Waals surface area (Å²) < 4.78 is 5.76. The van der Waals surface area contributed by atoms with Crippen molar-refractivity contribution in [3.63, 3.8) is 0 Å². The second kappa shape index (κ2) is 8.08. The van der Waals surface area contributed by atoms with Crippen molar-refractivity contribution in [2.45, 2.75) is 45.9 Å². The number of thiazole rings is 1. The highest BCUT2D eigenvalue weighted by atomic mass is 32.1. The molecular weight excluding hydrogens is 334 g/mol. The Labute approximate surface area is 153 Å². The van der Waals surface area contributed by atoms with Crippen LogP contribution in [0, 0.1) is 6.92 Å². The Balaban J connectivity index is 1.54. The Kier molecular flexibility index (Phi) is 5.83. The molecule has 1 aromatic heterocycles. The van der Waals surface area contributed by atoms with Crippen molar-refractivity contribution < 1.29 is 9.53 Å². The van der Waals surface area contributed by atoms with Crippen molar-refractivity contribution in [3.05, 3.63) is 46.5 Å². The average molecular weight is 359 g/mol. The second-order valence-electron chi connectivity index (χ2n) is 6.75. The van der Waals surface area contributed by atoms with Crippen LogP contribution in [0.2, 0.25) is 0 Å². The molecule has 2 aromatic rings. The zero-order valence-corrected chi connectivity index (χ0v) is 15.8. The fourth-order valence-corrected chi connectivity index (χ4v) is 3.94. The number of carbonyl (C=O) groups excluding carboxylic acids is 1. The van der Waals surface area contributed by atoms with E-state index in [9.17, 15) is 4.79 Å². The van der Waals surface area contributed by atoms with Gasteiger partial charge < -0.3 is 10.1 Å². The fourth-order valence-electron chi connectivity index (χ4n) is 3.22. The van der Waals surface area contributed by atoms with Crippen LogP contribution in [0.5, 0.6) is 0 Å². The van der Waals surface area contributed by atoms with Gasteiger partial charge in [0.05, 0.1) is 24.3 Å². The summed E-state index contributed by atoms with van der Waals surface area (Å²) in [6, 6.07) is 7.95. The van der Waals surface area contributed by atoms with Gasteiger partial charge in [-0.25, -0.2) is 4.98 Å². The minimum Gasteiger partial charge on any atom is -0.373 e. The van der Waals surface area contributed by atoms with Crippen LogP contribution in [-0.2, 0) is 22.5 Å². The van der Waals surface area contributed by atoms with Crippen molar-refractivity contribution in [2.24, 2.45) is 0 Å². The molecule has 2 atom stereocenters. The molecule has 2 heterocycles. The molecule has 5 nitrogen and oxygen atoms in total. The molecule has 1 aliphatic rings. The topological polar surface area (TPSA) is 54.5 Å². The van der Waals surface area contributed by atoms with Gasteiger partial charge in [0.1, 0.15) is 0 Å². The number of benzene rings is 1. The average Bonchev–Trinajstić information content (AvgIpc) is 2.95. The van der Waals surface area contributed by atoms with Gasteiger partial charge in [-0.1, -0.05) is 24.3 Å². The van der Waals surface area contributed by atoms with Gasteiger partial charge in [-0.3, -0.25) is 9.69 Å². The molecule has 0 bridgehead atoms. The quantitative estimate of drug-likeness (QED) is 0.890. The molecular formula is C19H25N3O2S. The first-order valence-electron chi connectivity index (χ1n) is 8.66. The van der Waals surface area contributed by atoms with Crippen LogP contribution in [0.3, 0.4) is 0 Å². The van der Waals surface area contributed by atoms with E-state index >= 15 is 0 Å². The first kappa shape index (κ1) is 18.0. The molecule has 1 aromatic carbocycles. The van der Waals surface area contributed by atoms with Gasteiger partial charge in [0, 0.05) is 25.0 Å². The SMILES string of the molecule is Cc1ccccc1CC(=O)Nc1nc(CN2CC(C)OC(C)C2)cs1. The lowest BCUT2D eigenvalue weighted by atomic mass is 10.1. The minimum absolute atomic E-state index is 0.0242. The number of carbonyl (C=O) groups is 1. The van der Waals surface area contributed by atoms with E-state index < -0.39 is 0 Å². The van der Waals surface area contributed by atoms with Crippen molar-refractivity contribution in [3.8, 4) is 0 Å². The van der Waals surface area contributed by atoms with Crippen LogP contribution in [0.1, 0.15) is 30.7 Å². The lowest BCUT2D eigenvalue weighted by Gasteiger charge is -2.34. The molecule has 134 valence electrons. The van der Waals surface area contributed by atoms with Crippen molar-refractivity contribution in [1.29, 1.82) is 0 Å². The first-order valence-corrected chi connectivity index (χ1v) is 9.54. The number of hydrogen-bond acceptors (Lipinski definition) is 5. The third-order valence-corrected chi connectivity index (χ3v) is 5.10. The number of amides is 1. The third kappa shape index (κ3) is 5.11. The van der Waals surface area contributed by atoms with E-state index in [0.717, 1.165) is 36.5 Å². The highest BCUT2D eigenvalue weighted by molar-refractivity contribution is 7.13. The molecule has 0 aliphatic carbocycles. The summed E-state index contributed by atoms with van der Waals surface area (Å²) in [7, 11) is 0. The minimum atomic E-state index is -0.0242. The number of nitrogens with one attached hydrogen (secondary N) is 1. The Morgan fingerprint density at radius 2 is 2.04 bits per heavy atom. The number of nitrogens with zero attached hydrogens (tertiary/aromatic N) is 2. The summed E-state index contributed by atoms with van der Waals surface area (Å²) in [4.78, 5) is 19.2. The number of ether oxygens (including phenoxy) is 1. The van der Waals surface area contributed by atoms with Crippen molar-refractivity contribution in [2.75, 3.05) is 18.4 Å². The van der Waals surface area contributed by atoms with Gasteiger partial charge in [-0.2, -0.15) is 0 Å². The summed E-state index contributed by atoms with van der Waals surface area (Å²) in [6.45, 7) is 8.84. The number of aryl methyl sites for hydroxylation is 1. The van der Waals surface area contributed by atoms with Crippen LogP contribution in [0.25, 0.3) is 0 Å². The monoisotopic (exact) mass is 359 g/mol. The van der Waals surface area contributed by atoms with E-state index in [0.29, 0.717) is 11.6 Å². The molecule has 0 spiro atoms. The predicted octanol–water partition coefficient (Wildman–Crippen LogP) is 3.24. The Morgan fingerprint density at radius 3 is 2.76 bits per heavy atom. The summed E-state index contributed by atoms with van der Waals surface area (Å²) >= 11 is 1.48. The number of aromatic nitrogens is 1. The summed E-state index contributed by atoms with van der Waals surface area (Å²) in [5, 5.41) is 5.61. The molecule has 1 amide bonds. The number of anilines is 1. The molecule has 1 aliphatic heterocycles. The summed E-state index contributed by atoms with van der Waals surface area (Å²) in [5.74, 6) is -0.0242. The molecule has 2 unspecified atom stereocenters. The van der Waals surface area contributed by atoms with Crippen LogP contribution in [-0.4, -0.2) is 41.1 Å². The molecule has 3 rings (SSSR count). The molecule has 1 fully saturated rings. The first-order chi connectivity index (χ1) is 12.0. The van der Waals surface area contributed by atoms with Crippen LogP contribution in [0.4, 0.5) is 5.13 Å². The van der Waals surface area contributed by atoms with Gasteiger partial charge in [0.25, 0.3) is 0 Å². The molecule has 0 radical (unpaired) electrons. The lowest BCUT2D eigenvalue weighted by molar-refractivity contribution is -0.115. The second-order valence-corrected chi connectivity index (χ2v) is 7.60. The maximum Gasteiger partial charge on any atom is 0.230 e. The highest BCUT2D eigenvalue weighted by Crippen LogP contribution is 2.19. The van der Waals surface area contributed by atoms with Crippen LogP contribution in [0.15, 0.2) is 29.6 Å². The maximum atomic E-state index is 12.2. The Hall–Kier alpha value is -1.76. The zero-order valence-electron chi connectivity index (χ0n) is 15.0. The van der Waals surface area contributed by atoms with Gasteiger partial charge in [-0.15, -0.1) is 11.3 Å². The Bertz CT molecular complexity index is 721. The molecule has 6 heteroatoms. The highest BCUT2D eigenvalue weighted by Gasteiger charge is 2.22. The molecule has 1 saturated heterocycles. The Morgan fingerprint density at radius 1 is 1.32 bits per heavy atom. The summed E-state index contributed by atoms with van der Waals surface area (Å²) in [5.41, 5.74) is 3.18. The van der Waals surface area contributed by atoms with E-state index in [1.165, 1.54) is 11.3 Å². The van der Waals surface area contributed by atoms with Crippen molar-refractivity contribution in [1.82, 2.24) is 9.88 Å². The number of hydrogen-bond donors (Lipinski definition) is 1. The van der Waals surface area contributed by atoms with Crippen LogP contribution >= 0.6 is 11.3 Å². The van der Waals surface area contributed by atoms with Gasteiger partial charge in [0.15, 0.2) is 5.13 Å². The van der Waals surface area contributed by atoms with E-state index in [4.69, 9.17) is 4.74 Å².